The summed E-state index contributed by atoms with van der Waals surface area (Å²) in [7, 11) is 1.29. The van der Waals surface area contributed by atoms with Crippen molar-refractivity contribution in [2.75, 3.05) is 20.3 Å². The van der Waals surface area contributed by atoms with Crippen LogP contribution in [0.5, 0.6) is 0 Å². The molecule has 15 heavy (non-hydrogen) atoms. The molecular weight excluding hydrogens is 200 g/mol. The topological polar surface area (TPSA) is 61.8 Å². The van der Waals surface area contributed by atoms with Crippen molar-refractivity contribution in [1.29, 1.82) is 0 Å². The molecule has 0 aromatic rings. The Kier molecular flexibility index (Phi) is 2.75. The molecule has 0 aromatic carbocycles. The fraction of sp³-hybridized carbons (Fsp3) is 0.800. The fourth-order valence-electron chi connectivity index (χ4n) is 2.14. The van der Waals surface area contributed by atoms with Gasteiger partial charge in [-0.25, -0.2) is 0 Å². The summed E-state index contributed by atoms with van der Waals surface area (Å²) in [6, 6.07) is 0. The molecule has 1 spiro atoms. The maximum atomic E-state index is 11.7. The first-order valence-electron chi connectivity index (χ1n) is 5.05. The molecule has 1 atom stereocenters. The van der Waals surface area contributed by atoms with Crippen LogP contribution in [0.3, 0.4) is 0 Å². The molecule has 0 amide bonds. The lowest BCUT2D eigenvalue weighted by Crippen LogP contribution is -2.43. The summed E-state index contributed by atoms with van der Waals surface area (Å²) >= 11 is 0. The quantitative estimate of drug-likeness (QED) is 0.463. The molecule has 1 aliphatic heterocycles. The molecule has 0 N–H and O–H groups in total. The highest BCUT2D eigenvalue weighted by Gasteiger charge is 2.46. The van der Waals surface area contributed by atoms with E-state index >= 15 is 0 Å². The molecule has 2 rings (SSSR count). The Morgan fingerprint density at radius 2 is 2.13 bits per heavy atom. The van der Waals surface area contributed by atoms with Gasteiger partial charge in [0.15, 0.2) is 11.6 Å². The number of carbonyl (C=O) groups excluding carboxylic acids is 2. The minimum absolute atomic E-state index is 0.144. The average molecular weight is 214 g/mol. The van der Waals surface area contributed by atoms with E-state index in [1.54, 1.807) is 0 Å². The van der Waals surface area contributed by atoms with Crippen molar-refractivity contribution < 1.29 is 23.8 Å². The van der Waals surface area contributed by atoms with Crippen molar-refractivity contribution in [3.63, 3.8) is 0 Å². The first-order valence-corrected chi connectivity index (χ1v) is 5.05. The number of hydrogen-bond acceptors (Lipinski definition) is 5. The highest BCUT2D eigenvalue weighted by atomic mass is 16.7. The van der Waals surface area contributed by atoms with Crippen LogP contribution >= 0.6 is 0 Å². The Balaban J connectivity index is 2.02. The van der Waals surface area contributed by atoms with E-state index in [2.05, 4.69) is 4.74 Å². The number of rotatable bonds is 1. The van der Waals surface area contributed by atoms with Crippen molar-refractivity contribution in [3.05, 3.63) is 0 Å². The number of methoxy groups -OCH3 is 1. The van der Waals surface area contributed by atoms with Gasteiger partial charge in [0.2, 0.25) is 0 Å². The standard InChI is InChI=1S/C10H14O5/c1-13-9(12)7-2-3-10(6-8(7)11)14-4-5-15-10/h7H,2-6H2,1H3. The molecular formula is C10H14O5. The summed E-state index contributed by atoms with van der Waals surface area (Å²) in [4.78, 5) is 23.0. The number of carbonyl (C=O) groups is 2. The molecule has 0 bridgehead atoms. The second kappa shape index (κ2) is 3.90. The van der Waals surface area contributed by atoms with Crippen molar-refractivity contribution in [2.24, 2.45) is 5.92 Å². The van der Waals surface area contributed by atoms with E-state index < -0.39 is 17.7 Å². The van der Waals surface area contributed by atoms with Crippen LogP contribution in [-0.4, -0.2) is 37.9 Å². The summed E-state index contributed by atoms with van der Waals surface area (Å²) in [5.41, 5.74) is 0. The molecule has 2 fully saturated rings. The first kappa shape index (κ1) is 10.6. The Bertz CT molecular complexity index is 280. The van der Waals surface area contributed by atoms with E-state index in [1.807, 2.05) is 0 Å². The second-order valence-corrected chi connectivity index (χ2v) is 3.87. The summed E-state index contributed by atoms with van der Waals surface area (Å²) in [6.45, 7) is 1.05. The third-order valence-electron chi connectivity index (χ3n) is 2.95. The fourth-order valence-corrected chi connectivity index (χ4v) is 2.14. The Hall–Kier alpha value is -0.940. The van der Waals surface area contributed by atoms with Gasteiger partial charge in [0.1, 0.15) is 5.92 Å². The van der Waals surface area contributed by atoms with E-state index in [-0.39, 0.29) is 12.2 Å². The Morgan fingerprint density at radius 1 is 1.47 bits per heavy atom. The third kappa shape index (κ3) is 1.89. The molecule has 84 valence electrons. The second-order valence-electron chi connectivity index (χ2n) is 3.87. The number of ketones is 1. The lowest BCUT2D eigenvalue weighted by Gasteiger charge is -2.33. The van der Waals surface area contributed by atoms with Gasteiger partial charge in [-0.2, -0.15) is 0 Å². The maximum absolute atomic E-state index is 11.7. The van der Waals surface area contributed by atoms with Gasteiger partial charge < -0.3 is 14.2 Å². The molecule has 1 aliphatic carbocycles. The van der Waals surface area contributed by atoms with Crippen LogP contribution < -0.4 is 0 Å². The minimum atomic E-state index is -0.748. The SMILES string of the molecule is COC(=O)C1CCC2(CC1=O)OCCO2. The zero-order valence-corrected chi connectivity index (χ0v) is 8.65. The van der Waals surface area contributed by atoms with Crippen molar-refractivity contribution in [3.8, 4) is 0 Å². The highest BCUT2D eigenvalue weighted by molar-refractivity contribution is 5.99. The van der Waals surface area contributed by atoms with Crippen molar-refractivity contribution in [2.45, 2.75) is 25.0 Å². The van der Waals surface area contributed by atoms with Gasteiger partial charge >= 0.3 is 5.97 Å². The first-order chi connectivity index (χ1) is 7.17. The van der Waals surface area contributed by atoms with Crippen molar-refractivity contribution >= 4 is 11.8 Å². The van der Waals surface area contributed by atoms with E-state index in [1.165, 1.54) is 7.11 Å². The monoisotopic (exact) mass is 214 g/mol. The van der Waals surface area contributed by atoms with Crippen LogP contribution in [0.25, 0.3) is 0 Å². The number of esters is 1. The van der Waals surface area contributed by atoms with Crippen LogP contribution in [0.2, 0.25) is 0 Å². The lowest BCUT2D eigenvalue weighted by molar-refractivity contribution is -0.189. The van der Waals surface area contributed by atoms with Crippen molar-refractivity contribution in [1.82, 2.24) is 0 Å². The molecule has 1 saturated heterocycles. The van der Waals surface area contributed by atoms with E-state index in [9.17, 15) is 9.59 Å². The summed E-state index contributed by atoms with van der Waals surface area (Å²) in [5, 5.41) is 0. The number of hydrogen-bond donors (Lipinski definition) is 0. The van der Waals surface area contributed by atoms with Gasteiger partial charge in [0.05, 0.1) is 26.7 Å². The maximum Gasteiger partial charge on any atom is 0.316 e. The molecule has 5 heteroatoms. The van der Waals surface area contributed by atoms with Crippen LogP contribution in [0.15, 0.2) is 0 Å². The molecule has 2 aliphatic rings. The summed E-state index contributed by atoms with van der Waals surface area (Å²) in [5.74, 6) is -1.97. The molecule has 0 radical (unpaired) electrons. The van der Waals surface area contributed by atoms with Gasteiger partial charge in [-0.1, -0.05) is 0 Å². The minimum Gasteiger partial charge on any atom is -0.468 e. The van der Waals surface area contributed by atoms with Gasteiger partial charge in [0.25, 0.3) is 0 Å². The predicted octanol–water partition coefficient (Wildman–Crippen LogP) is 0.272. The molecule has 0 aromatic heterocycles. The molecule has 1 unspecified atom stereocenters. The molecule has 5 nitrogen and oxygen atoms in total. The predicted molar refractivity (Wildman–Crippen MR) is 49.0 cm³/mol. The number of Topliss-reactive ketones (excluding diaryl/α,β-unsaturated/α-hetero) is 1. The summed E-state index contributed by atoms with van der Waals surface area (Å²) < 4.78 is 15.4. The van der Waals surface area contributed by atoms with E-state index in [4.69, 9.17) is 9.47 Å². The van der Waals surface area contributed by atoms with Crippen LogP contribution in [-0.2, 0) is 23.8 Å². The van der Waals surface area contributed by atoms with Crippen LogP contribution in [0.1, 0.15) is 19.3 Å². The van der Waals surface area contributed by atoms with Gasteiger partial charge in [-0.05, 0) is 6.42 Å². The highest BCUT2D eigenvalue weighted by Crippen LogP contribution is 2.36. The summed E-state index contributed by atoms with van der Waals surface area (Å²) in [6.07, 6.45) is 1.19. The zero-order chi connectivity index (χ0) is 10.9. The Labute approximate surface area is 87.7 Å². The smallest absolute Gasteiger partial charge is 0.316 e. The third-order valence-corrected chi connectivity index (χ3v) is 2.95. The van der Waals surface area contributed by atoms with E-state index in [0.29, 0.717) is 26.1 Å². The van der Waals surface area contributed by atoms with E-state index in [0.717, 1.165) is 0 Å². The zero-order valence-electron chi connectivity index (χ0n) is 8.65. The largest absolute Gasteiger partial charge is 0.468 e. The Morgan fingerprint density at radius 3 is 2.67 bits per heavy atom. The lowest BCUT2D eigenvalue weighted by atomic mass is 9.84. The normalized spacial score (nSPS) is 29.4. The van der Waals surface area contributed by atoms with Gasteiger partial charge in [-0.15, -0.1) is 0 Å². The van der Waals surface area contributed by atoms with Gasteiger partial charge in [-0.3, -0.25) is 9.59 Å². The number of ether oxygens (including phenoxy) is 3. The van der Waals surface area contributed by atoms with Crippen LogP contribution in [0.4, 0.5) is 0 Å². The average Bonchev–Trinajstić information content (AvgIpc) is 2.65. The van der Waals surface area contributed by atoms with Gasteiger partial charge in [0, 0.05) is 6.42 Å². The van der Waals surface area contributed by atoms with Crippen LogP contribution in [0, 0.1) is 5.92 Å². The molecule has 1 saturated carbocycles. The molecule has 1 heterocycles.